The van der Waals surface area contributed by atoms with Gasteiger partial charge in [0.15, 0.2) is 0 Å². The molecule has 0 spiro atoms. The van der Waals surface area contributed by atoms with E-state index in [-0.39, 0.29) is 11.5 Å². The highest BCUT2D eigenvalue weighted by Crippen LogP contribution is 2.28. The molecule has 0 aliphatic heterocycles. The van der Waals surface area contributed by atoms with Crippen LogP contribution in [0, 0.1) is 12.8 Å². The smallest absolute Gasteiger partial charge is 0.0335 e. The van der Waals surface area contributed by atoms with E-state index in [1.54, 1.807) is 0 Å². The Bertz CT molecular complexity index is 377. The highest BCUT2D eigenvalue weighted by molar-refractivity contribution is 5.36. The summed E-state index contributed by atoms with van der Waals surface area (Å²) in [4.78, 5) is 0. The van der Waals surface area contributed by atoms with Gasteiger partial charge < -0.3 is 11.5 Å². The fourth-order valence-corrected chi connectivity index (χ4v) is 1.97. The van der Waals surface area contributed by atoms with E-state index in [1.807, 2.05) is 0 Å². The number of rotatable bonds is 3. The molecule has 0 aliphatic carbocycles. The molecule has 0 aromatic heterocycles. The van der Waals surface area contributed by atoms with Gasteiger partial charge in [0.2, 0.25) is 0 Å². The first-order chi connectivity index (χ1) is 7.77. The zero-order valence-electron chi connectivity index (χ0n) is 11.7. The summed E-state index contributed by atoms with van der Waals surface area (Å²) < 4.78 is 0. The molecule has 2 unspecified atom stereocenters. The molecule has 0 aliphatic rings. The minimum Gasteiger partial charge on any atom is -0.330 e. The van der Waals surface area contributed by atoms with E-state index in [9.17, 15) is 0 Å². The topological polar surface area (TPSA) is 52.0 Å². The van der Waals surface area contributed by atoms with E-state index in [2.05, 4.69) is 52.8 Å². The zero-order chi connectivity index (χ0) is 13.2. The monoisotopic (exact) mass is 234 g/mol. The third kappa shape index (κ3) is 3.30. The summed E-state index contributed by atoms with van der Waals surface area (Å²) in [6.07, 6.45) is 0. The molecule has 17 heavy (non-hydrogen) atoms. The minimum absolute atomic E-state index is 0.0361. The molecular weight excluding hydrogens is 208 g/mol. The van der Waals surface area contributed by atoms with Crippen LogP contribution in [-0.4, -0.2) is 6.54 Å². The van der Waals surface area contributed by atoms with Crippen LogP contribution in [0.1, 0.15) is 50.4 Å². The molecule has 1 rings (SSSR count). The number of hydrogen-bond acceptors (Lipinski definition) is 2. The standard InChI is InChI=1S/C15H26N2/c1-10-8-12(15(3,4)5)6-7-13(10)14(17)11(2)9-16/h6-8,11,14H,9,16-17H2,1-5H3. The minimum atomic E-state index is 0.0361. The number of benzene rings is 1. The van der Waals surface area contributed by atoms with Crippen LogP contribution in [0.3, 0.4) is 0 Å². The predicted octanol–water partition coefficient (Wildman–Crippen LogP) is 2.89. The first-order valence-corrected chi connectivity index (χ1v) is 6.34. The van der Waals surface area contributed by atoms with Crippen molar-refractivity contribution in [2.75, 3.05) is 6.54 Å². The number of nitrogens with two attached hydrogens (primary N) is 2. The molecule has 4 N–H and O–H groups in total. The van der Waals surface area contributed by atoms with E-state index < -0.39 is 0 Å². The van der Waals surface area contributed by atoms with Crippen LogP contribution in [-0.2, 0) is 5.41 Å². The Labute approximate surface area is 105 Å². The van der Waals surface area contributed by atoms with Gasteiger partial charge in [-0.1, -0.05) is 45.9 Å². The van der Waals surface area contributed by atoms with E-state index in [4.69, 9.17) is 11.5 Å². The SMILES string of the molecule is Cc1cc(C(C)(C)C)ccc1C(N)C(C)CN. The van der Waals surface area contributed by atoms with Gasteiger partial charge in [-0.05, 0) is 41.5 Å². The summed E-state index contributed by atoms with van der Waals surface area (Å²) >= 11 is 0. The Morgan fingerprint density at radius 2 is 1.82 bits per heavy atom. The van der Waals surface area contributed by atoms with Crippen molar-refractivity contribution < 1.29 is 0 Å². The fraction of sp³-hybridized carbons (Fsp3) is 0.600. The van der Waals surface area contributed by atoms with Crippen molar-refractivity contribution in [3.63, 3.8) is 0 Å². The molecular formula is C15H26N2. The van der Waals surface area contributed by atoms with Crippen LogP contribution in [0.15, 0.2) is 18.2 Å². The second kappa shape index (κ2) is 5.19. The molecule has 2 atom stereocenters. The largest absolute Gasteiger partial charge is 0.330 e. The Morgan fingerprint density at radius 1 is 1.24 bits per heavy atom. The summed E-state index contributed by atoms with van der Waals surface area (Å²) in [5.74, 6) is 0.314. The van der Waals surface area contributed by atoms with Crippen molar-refractivity contribution in [1.82, 2.24) is 0 Å². The number of aryl methyl sites for hydroxylation is 1. The Balaban J connectivity index is 3.06. The molecule has 1 aromatic rings. The van der Waals surface area contributed by atoms with Gasteiger partial charge in [-0.25, -0.2) is 0 Å². The van der Waals surface area contributed by atoms with Gasteiger partial charge in [0.25, 0.3) is 0 Å². The van der Waals surface area contributed by atoms with E-state index in [1.165, 1.54) is 16.7 Å². The molecule has 1 aromatic carbocycles. The molecule has 96 valence electrons. The zero-order valence-corrected chi connectivity index (χ0v) is 11.7. The lowest BCUT2D eigenvalue weighted by molar-refractivity contribution is 0.479. The van der Waals surface area contributed by atoms with Crippen molar-refractivity contribution in [3.05, 3.63) is 34.9 Å². The van der Waals surface area contributed by atoms with Gasteiger partial charge >= 0.3 is 0 Å². The van der Waals surface area contributed by atoms with Gasteiger partial charge in [0.1, 0.15) is 0 Å². The predicted molar refractivity (Wildman–Crippen MR) is 75.0 cm³/mol. The summed E-state index contributed by atoms with van der Waals surface area (Å²) in [7, 11) is 0. The molecule has 0 heterocycles. The maximum Gasteiger partial charge on any atom is 0.0335 e. The van der Waals surface area contributed by atoms with Gasteiger partial charge in [-0.2, -0.15) is 0 Å². The van der Waals surface area contributed by atoms with Crippen LogP contribution in [0.5, 0.6) is 0 Å². The normalized spacial score (nSPS) is 15.7. The van der Waals surface area contributed by atoms with Crippen molar-refractivity contribution in [2.45, 2.75) is 46.1 Å². The molecule has 0 saturated heterocycles. The van der Waals surface area contributed by atoms with Crippen molar-refractivity contribution in [3.8, 4) is 0 Å². The Morgan fingerprint density at radius 3 is 2.24 bits per heavy atom. The van der Waals surface area contributed by atoms with E-state index in [0.717, 1.165) is 0 Å². The van der Waals surface area contributed by atoms with Crippen molar-refractivity contribution in [1.29, 1.82) is 0 Å². The Hall–Kier alpha value is -0.860. The second-order valence-electron chi connectivity index (χ2n) is 6.06. The van der Waals surface area contributed by atoms with Gasteiger partial charge in [0.05, 0.1) is 0 Å². The van der Waals surface area contributed by atoms with Crippen LogP contribution in [0.25, 0.3) is 0 Å². The first kappa shape index (κ1) is 14.2. The first-order valence-electron chi connectivity index (χ1n) is 6.34. The molecule has 2 nitrogen and oxygen atoms in total. The third-order valence-electron chi connectivity index (χ3n) is 3.48. The van der Waals surface area contributed by atoms with Gasteiger partial charge in [0, 0.05) is 6.04 Å². The maximum atomic E-state index is 6.23. The average Bonchev–Trinajstić information content (AvgIpc) is 2.25. The maximum absolute atomic E-state index is 6.23. The summed E-state index contributed by atoms with van der Waals surface area (Å²) in [6, 6.07) is 6.63. The van der Waals surface area contributed by atoms with Crippen LogP contribution in [0.4, 0.5) is 0 Å². The molecule has 0 saturated carbocycles. The molecule has 2 heteroatoms. The fourth-order valence-electron chi connectivity index (χ4n) is 1.97. The lowest BCUT2D eigenvalue weighted by Gasteiger charge is -2.24. The van der Waals surface area contributed by atoms with Crippen LogP contribution >= 0.6 is 0 Å². The quantitative estimate of drug-likeness (QED) is 0.845. The summed E-state index contributed by atoms with van der Waals surface area (Å²) in [5.41, 5.74) is 15.9. The molecule has 0 bridgehead atoms. The number of hydrogen-bond donors (Lipinski definition) is 2. The van der Waals surface area contributed by atoms with E-state index in [0.29, 0.717) is 12.5 Å². The van der Waals surface area contributed by atoms with Crippen molar-refractivity contribution >= 4 is 0 Å². The van der Waals surface area contributed by atoms with E-state index >= 15 is 0 Å². The van der Waals surface area contributed by atoms with Gasteiger partial charge in [-0.15, -0.1) is 0 Å². The van der Waals surface area contributed by atoms with Crippen LogP contribution < -0.4 is 11.5 Å². The van der Waals surface area contributed by atoms with Gasteiger partial charge in [-0.3, -0.25) is 0 Å². The summed E-state index contributed by atoms with van der Waals surface area (Å²) in [6.45, 7) is 11.5. The lowest BCUT2D eigenvalue weighted by Crippen LogP contribution is -2.26. The molecule has 0 radical (unpaired) electrons. The van der Waals surface area contributed by atoms with Crippen molar-refractivity contribution in [2.24, 2.45) is 17.4 Å². The summed E-state index contributed by atoms with van der Waals surface area (Å²) in [5, 5.41) is 0. The Kier molecular flexibility index (Phi) is 4.34. The third-order valence-corrected chi connectivity index (χ3v) is 3.48. The molecule has 0 amide bonds. The average molecular weight is 234 g/mol. The lowest BCUT2D eigenvalue weighted by atomic mass is 9.83. The highest BCUT2D eigenvalue weighted by Gasteiger charge is 2.18. The van der Waals surface area contributed by atoms with Crippen LogP contribution in [0.2, 0.25) is 0 Å². The highest BCUT2D eigenvalue weighted by atomic mass is 14.7. The second-order valence-corrected chi connectivity index (χ2v) is 6.06. The molecule has 0 fully saturated rings.